The Balaban J connectivity index is 2.28. The SMILES string of the molecule is CCOc1cnnc(N)c1C1CCSNC1. The lowest BCUT2D eigenvalue weighted by Crippen LogP contribution is -2.24. The number of hydrogen-bond acceptors (Lipinski definition) is 6. The molecule has 1 atom stereocenters. The molecular formula is C10H16N4OS. The van der Waals surface area contributed by atoms with E-state index in [-0.39, 0.29) is 0 Å². The van der Waals surface area contributed by atoms with Gasteiger partial charge in [-0.2, -0.15) is 5.10 Å². The van der Waals surface area contributed by atoms with E-state index in [1.807, 2.05) is 6.92 Å². The van der Waals surface area contributed by atoms with Gasteiger partial charge in [0.15, 0.2) is 5.82 Å². The summed E-state index contributed by atoms with van der Waals surface area (Å²) in [7, 11) is 0. The minimum atomic E-state index is 0.373. The largest absolute Gasteiger partial charge is 0.492 e. The summed E-state index contributed by atoms with van der Waals surface area (Å²) in [6, 6.07) is 0. The van der Waals surface area contributed by atoms with Crippen LogP contribution >= 0.6 is 11.9 Å². The van der Waals surface area contributed by atoms with E-state index in [2.05, 4.69) is 14.9 Å². The molecule has 0 bridgehead atoms. The van der Waals surface area contributed by atoms with Crippen molar-refractivity contribution in [2.24, 2.45) is 0 Å². The second-order valence-electron chi connectivity index (χ2n) is 3.62. The first-order valence-corrected chi connectivity index (χ1v) is 6.40. The van der Waals surface area contributed by atoms with E-state index in [9.17, 15) is 0 Å². The molecule has 1 saturated heterocycles. The molecule has 2 rings (SSSR count). The van der Waals surface area contributed by atoms with Crippen LogP contribution in [0, 0.1) is 0 Å². The van der Waals surface area contributed by atoms with Crippen LogP contribution in [-0.4, -0.2) is 29.1 Å². The molecule has 0 amide bonds. The van der Waals surface area contributed by atoms with Crippen molar-refractivity contribution in [1.29, 1.82) is 0 Å². The van der Waals surface area contributed by atoms with Gasteiger partial charge in [0.1, 0.15) is 5.75 Å². The van der Waals surface area contributed by atoms with Gasteiger partial charge in [0.25, 0.3) is 0 Å². The number of nitrogens with one attached hydrogen (secondary N) is 1. The predicted octanol–water partition coefficient (Wildman–Crippen LogP) is 1.18. The number of anilines is 1. The Morgan fingerprint density at radius 1 is 1.69 bits per heavy atom. The first kappa shape index (κ1) is 11.5. The molecule has 1 aromatic rings. The molecule has 0 saturated carbocycles. The van der Waals surface area contributed by atoms with Gasteiger partial charge in [-0.1, -0.05) is 11.9 Å². The lowest BCUT2D eigenvalue weighted by atomic mass is 9.96. The standard InChI is InChI=1S/C10H16N4OS/c1-2-15-8-6-12-14-10(11)9(8)7-3-4-16-13-5-7/h6-7,13H,2-5H2,1H3,(H2,11,14). The lowest BCUT2D eigenvalue weighted by molar-refractivity contribution is 0.331. The fourth-order valence-corrected chi connectivity index (χ4v) is 2.72. The Labute approximate surface area is 99.3 Å². The number of rotatable bonds is 3. The van der Waals surface area contributed by atoms with E-state index in [1.165, 1.54) is 0 Å². The number of nitrogens with two attached hydrogens (primary N) is 1. The molecule has 0 aromatic carbocycles. The summed E-state index contributed by atoms with van der Waals surface area (Å²) >= 11 is 1.75. The molecule has 1 fully saturated rings. The Morgan fingerprint density at radius 2 is 2.56 bits per heavy atom. The average molecular weight is 240 g/mol. The second-order valence-corrected chi connectivity index (χ2v) is 4.61. The van der Waals surface area contributed by atoms with Crippen LogP contribution in [0.5, 0.6) is 5.75 Å². The van der Waals surface area contributed by atoms with Crippen LogP contribution in [0.4, 0.5) is 5.82 Å². The van der Waals surface area contributed by atoms with Crippen molar-refractivity contribution in [3.63, 3.8) is 0 Å². The molecule has 88 valence electrons. The van der Waals surface area contributed by atoms with Gasteiger partial charge >= 0.3 is 0 Å². The van der Waals surface area contributed by atoms with Crippen molar-refractivity contribution in [2.75, 3.05) is 24.6 Å². The molecule has 0 radical (unpaired) electrons. The summed E-state index contributed by atoms with van der Waals surface area (Å²) in [4.78, 5) is 0. The van der Waals surface area contributed by atoms with E-state index in [0.29, 0.717) is 18.3 Å². The van der Waals surface area contributed by atoms with Crippen LogP contribution in [0.15, 0.2) is 6.20 Å². The van der Waals surface area contributed by atoms with Gasteiger partial charge in [0, 0.05) is 23.8 Å². The summed E-state index contributed by atoms with van der Waals surface area (Å²) in [5.41, 5.74) is 6.90. The summed E-state index contributed by atoms with van der Waals surface area (Å²) in [5, 5.41) is 7.74. The molecule has 1 aliphatic heterocycles. The molecule has 0 aliphatic carbocycles. The van der Waals surface area contributed by atoms with E-state index in [4.69, 9.17) is 10.5 Å². The van der Waals surface area contributed by atoms with Gasteiger partial charge in [-0.05, 0) is 13.3 Å². The third kappa shape index (κ3) is 2.38. The summed E-state index contributed by atoms with van der Waals surface area (Å²) in [6.07, 6.45) is 2.74. The molecule has 1 aromatic heterocycles. The zero-order valence-electron chi connectivity index (χ0n) is 9.27. The molecule has 6 heteroatoms. The van der Waals surface area contributed by atoms with E-state index in [1.54, 1.807) is 18.1 Å². The minimum absolute atomic E-state index is 0.373. The highest BCUT2D eigenvalue weighted by molar-refractivity contribution is 7.97. The highest BCUT2D eigenvalue weighted by Crippen LogP contribution is 2.34. The molecule has 5 nitrogen and oxygen atoms in total. The summed E-state index contributed by atoms with van der Waals surface area (Å²) in [6.45, 7) is 3.48. The Hall–Kier alpha value is -1.01. The Kier molecular flexibility index (Phi) is 3.84. The van der Waals surface area contributed by atoms with Crippen LogP contribution in [0.3, 0.4) is 0 Å². The maximum atomic E-state index is 5.89. The van der Waals surface area contributed by atoms with E-state index >= 15 is 0 Å². The van der Waals surface area contributed by atoms with Crippen LogP contribution in [0.25, 0.3) is 0 Å². The van der Waals surface area contributed by atoms with Crippen molar-refractivity contribution in [3.8, 4) is 5.75 Å². The highest BCUT2D eigenvalue weighted by Gasteiger charge is 2.22. The van der Waals surface area contributed by atoms with Crippen LogP contribution in [0.2, 0.25) is 0 Å². The van der Waals surface area contributed by atoms with E-state index < -0.39 is 0 Å². The van der Waals surface area contributed by atoms with Crippen molar-refractivity contribution in [1.82, 2.24) is 14.9 Å². The second kappa shape index (κ2) is 5.36. The highest BCUT2D eigenvalue weighted by atomic mass is 32.2. The van der Waals surface area contributed by atoms with Gasteiger partial charge < -0.3 is 10.5 Å². The Morgan fingerprint density at radius 3 is 3.25 bits per heavy atom. The van der Waals surface area contributed by atoms with Gasteiger partial charge in [-0.25, -0.2) is 0 Å². The van der Waals surface area contributed by atoms with Crippen molar-refractivity contribution < 1.29 is 4.74 Å². The van der Waals surface area contributed by atoms with Crippen molar-refractivity contribution in [3.05, 3.63) is 11.8 Å². The predicted molar refractivity (Wildman–Crippen MR) is 65.4 cm³/mol. The molecule has 2 heterocycles. The van der Waals surface area contributed by atoms with Crippen molar-refractivity contribution >= 4 is 17.8 Å². The van der Waals surface area contributed by atoms with Gasteiger partial charge in [0.2, 0.25) is 0 Å². The molecule has 1 unspecified atom stereocenters. The van der Waals surface area contributed by atoms with Crippen LogP contribution in [0.1, 0.15) is 24.8 Å². The van der Waals surface area contributed by atoms with Gasteiger partial charge in [-0.3, -0.25) is 4.72 Å². The maximum Gasteiger partial charge on any atom is 0.153 e. The summed E-state index contributed by atoms with van der Waals surface area (Å²) in [5.74, 6) is 2.72. The first-order chi connectivity index (χ1) is 7.83. The first-order valence-electron chi connectivity index (χ1n) is 5.41. The fourth-order valence-electron chi connectivity index (χ4n) is 1.86. The molecule has 0 spiro atoms. The average Bonchev–Trinajstić information content (AvgIpc) is 2.31. The smallest absolute Gasteiger partial charge is 0.153 e. The van der Waals surface area contributed by atoms with Gasteiger partial charge in [0.05, 0.1) is 12.8 Å². The number of nitrogens with zero attached hydrogens (tertiary/aromatic N) is 2. The number of ether oxygens (including phenoxy) is 1. The molecule has 3 N–H and O–H groups in total. The van der Waals surface area contributed by atoms with Crippen molar-refractivity contribution in [2.45, 2.75) is 19.3 Å². The maximum absolute atomic E-state index is 5.89. The lowest BCUT2D eigenvalue weighted by Gasteiger charge is -2.24. The molecule has 1 aliphatic rings. The fraction of sp³-hybridized carbons (Fsp3) is 0.600. The van der Waals surface area contributed by atoms with Crippen LogP contribution < -0.4 is 15.2 Å². The number of aromatic nitrogens is 2. The zero-order chi connectivity index (χ0) is 11.4. The Bertz CT molecular complexity index is 355. The molecular weight excluding hydrogens is 224 g/mol. The topological polar surface area (TPSA) is 73.1 Å². The third-order valence-corrected chi connectivity index (χ3v) is 3.40. The normalized spacial score (nSPS) is 20.7. The van der Waals surface area contributed by atoms with Gasteiger partial charge in [-0.15, -0.1) is 5.10 Å². The number of nitrogen functional groups attached to an aromatic ring is 1. The minimum Gasteiger partial charge on any atom is -0.492 e. The zero-order valence-corrected chi connectivity index (χ0v) is 10.1. The quantitative estimate of drug-likeness (QED) is 0.773. The third-order valence-electron chi connectivity index (χ3n) is 2.59. The summed E-state index contributed by atoms with van der Waals surface area (Å²) < 4.78 is 8.84. The van der Waals surface area contributed by atoms with E-state index in [0.717, 1.165) is 30.0 Å². The monoisotopic (exact) mass is 240 g/mol. The number of hydrogen-bond donors (Lipinski definition) is 2. The molecule has 16 heavy (non-hydrogen) atoms. The van der Waals surface area contributed by atoms with Crippen LogP contribution in [-0.2, 0) is 0 Å².